The number of carbonyl (C=O) groups is 1. The molecule has 5 heteroatoms. The van der Waals surface area contributed by atoms with Crippen molar-refractivity contribution in [2.45, 2.75) is 52.0 Å². The molecule has 1 atom stereocenters. The topological polar surface area (TPSA) is 47.4 Å². The van der Waals surface area contributed by atoms with Crippen molar-refractivity contribution >= 4 is 22.6 Å². The van der Waals surface area contributed by atoms with Gasteiger partial charge >= 0.3 is 0 Å². The Hall–Kier alpha value is -3.60. The summed E-state index contributed by atoms with van der Waals surface area (Å²) in [6.07, 6.45) is 3.93. The summed E-state index contributed by atoms with van der Waals surface area (Å²) >= 11 is 0. The van der Waals surface area contributed by atoms with Crippen LogP contribution < -0.4 is 9.64 Å². The van der Waals surface area contributed by atoms with Gasteiger partial charge in [0, 0.05) is 24.6 Å². The number of hydrogen-bond donors (Lipinski definition) is 0. The summed E-state index contributed by atoms with van der Waals surface area (Å²) in [6, 6.07) is 24.8. The number of para-hydroxylation sites is 2. The minimum atomic E-state index is 0.0500. The highest BCUT2D eigenvalue weighted by Gasteiger charge is 2.34. The number of unbranched alkanes of at least 4 members (excludes halogenated alkanes) is 1. The van der Waals surface area contributed by atoms with Crippen LogP contribution in [0.3, 0.4) is 0 Å². The van der Waals surface area contributed by atoms with E-state index in [2.05, 4.69) is 60.9 Å². The van der Waals surface area contributed by atoms with Gasteiger partial charge in [0.1, 0.15) is 18.2 Å². The molecule has 1 amide bonds. The average molecular weight is 468 g/mol. The Morgan fingerprint density at radius 3 is 2.54 bits per heavy atom. The summed E-state index contributed by atoms with van der Waals surface area (Å²) in [6.45, 7) is 6.15. The summed E-state index contributed by atoms with van der Waals surface area (Å²) < 4.78 is 8.26. The first kappa shape index (κ1) is 23.2. The maximum absolute atomic E-state index is 13.0. The van der Waals surface area contributed by atoms with Crippen molar-refractivity contribution in [3.05, 3.63) is 89.7 Å². The fourth-order valence-corrected chi connectivity index (χ4v) is 4.88. The van der Waals surface area contributed by atoms with E-state index in [1.165, 1.54) is 24.0 Å². The van der Waals surface area contributed by atoms with Crippen LogP contribution in [0.4, 0.5) is 5.69 Å². The fourth-order valence-electron chi connectivity index (χ4n) is 4.88. The zero-order chi connectivity index (χ0) is 24.2. The van der Waals surface area contributed by atoms with Gasteiger partial charge in [-0.1, -0.05) is 55.3 Å². The highest BCUT2D eigenvalue weighted by molar-refractivity contribution is 5.96. The summed E-state index contributed by atoms with van der Waals surface area (Å²) in [5.74, 6) is 2.04. The number of carbonyl (C=O) groups excluding carboxylic acids is 1. The average Bonchev–Trinajstić information content (AvgIpc) is 3.45. The quantitative estimate of drug-likeness (QED) is 0.291. The number of rotatable bonds is 9. The molecular formula is C30H33N3O2. The number of hydrogen-bond acceptors (Lipinski definition) is 3. The molecule has 2 heterocycles. The summed E-state index contributed by atoms with van der Waals surface area (Å²) in [4.78, 5) is 19.9. The second-order valence-electron chi connectivity index (χ2n) is 9.45. The molecule has 5 rings (SSSR count). The summed E-state index contributed by atoms with van der Waals surface area (Å²) in [5.41, 5.74) is 5.56. The zero-order valence-corrected chi connectivity index (χ0v) is 20.6. The van der Waals surface area contributed by atoms with Gasteiger partial charge in [0.05, 0.1) is 17.6 Å². The first-order valence-electron chi connectivity index (χ1n) is 12.7. The van der Waals surface area contributed by atoms with E-state index in [0.29, 0.717) is 26.1 Å². The van der Waals surface area contributed by atoms with Crippen molar-refractivity contribution < 1.29 is 9.53 Å². The third-order valence-electron chi connectivity index (χ3n) is 6.85. The van der Waals surface area contributed by atoms with Crippen molar-refractivity contribution in [1.29, 1.82) is 0 Å². The molecule has 35 heavy (non-hydrogen) atoms. The Labute approximate surface area is 207 Å². The molecule has 0 radical (unpaired) electrons. The SMILES string of the molecule is CCCCc1ccc(N2CC(c3nc4ccccc4n3CCOc3ccc(C)cc3)CC2=O)cc1. The highest BCUT2D eigenvalue weighted by Crippen LogP contribution is 2.33. The fraction of sp³-hybridized carbons (Fsp3) is 0.333. The van der Waals surface area contributed by atoms with Crippen molar-refractivity contribution in [3.8, 4) is 5.75 Å². The van der Waals surface area contributed by atoms with Gasteiger partial charge in [-0.25, -0.2) is 4.98 Å². The van der Waals surface area contributed by atoms with Gasteiger partial charge in [-0.3, -0.25) is 4.79 Å². The number of ether oxygens (including phenoxy) is 1. The molecule has 4 aromatic rings. The van der Waals surface area contributed by atoms with E-state index in [1.54, 1.807) is 0 Å². The monoisotopic (exact) mass is 467 g/mol. The Morgan fingerprint density at radius 1 is 1.00 bits per heavy atom. The lowest BCUT2D eigenvalue weighted by atomic mass is 10.1. The standard InChI is InChI=1S/C30H33N3O2/c1-3-4-7-23-12-14-25(15-13-23)33-21-24(20-29(33)34)30-31-27-8-5-6-9-28(27)32(30)18-19-35-26-16-10-22(2)11-17-26/h5-6,8-17,24H,3-4,7,18-21H2,1-2H3. The van der Waals surface area contributed by atoms with Crippen LogP contribution in [0.5, 0.6) is 5.75 Å². The van der Waals surface area contributed by atoms with Gasteiger partial charge in [-0.05, 0) is 61.7 Å². The third-order valence-corrected chi connectivity index (χ3v) is 6.85. The van der Waals surface area contributed by atoms with Gasteiger partial charge in [-0.2, -0.15) is 0 Å². The lowest BCUT2D eigenvalue weighted by Gasteiger charge is -2.18. The lowest BCUT2D eigenvalue weighted by molar-refractivity contribution is -0.117. The molecule has 1 saturated heterocycles. The second kappa shape index (κ2) is 10.3. The first-order chi connectivity index (χ1) is 17.1. The number of fused-ring (bicyclic) bond motifs is 1. The minimum absolute atomic E-state index is 0.0500. The number of imidazole rings is 1. The van der Waals surface area contributed by atoms with Crippen LogP contribution in [0.25, 0.3) is 11.0 Å². The molecule has 0 saturated carbocycles. The summed E-state index contributed by atoms with van der Waals surface area (Å²) in [5, 5.41) is 0. The van der Waals surface area contributed by atoms with Crippen molar-refractivity contribution in [1.82, 2.24) is 9.55 Å². The van der Waals surface area contributed by atoms with E-state index in [0.717, 1.165) is 34.7 Å². The van der Waals surface area contributed by atoms with E-state index in [9.17, 15) is 4.79 Å². The molecule has 1 aliphatic heterocycles. The zero-order valence-electron chi connectivity index (χ0n) is 20.6. The van der Waals surface area contributed by atoms with Crippen LogP contribution in [-0.4, -0.2) is 28.6 Å². The van der Waals surface area contributed by atoms with E-state index in [-0.39, 0.29) is 11.8 Å². The molecule has 1 unspecified atom stereocenters. The maximum atomic E-state index is 13.0. The molecular weight excluding hydrogens is 434 g/mol. The Morgan fingerprint density at radius 2 is 1.77 bits per heavy atom. The molecule has 5 nitrogen and oxygen atoms in total. The first-order valence-corrected chi connectivity index (χ1v) is 12.7. The predicted molar refractivity (Wildman–Crippen MR) is 141 cm³/mol. The lowest BCUT2D eigenvalue weighted by Crippen LogP contribution is -2.24. The molecule has 1 aliphatic rings. The largest absolute Gasteiger partial charge is 0.492 e. The molecule has 1 aromatic heterocycles. The molecule has 3 aromatic carbocycles. The minimum Gasteiger partial charge on any atom is -0.492 e. The maximum Gasteiger partial charge on any atom is 0.227 e. The van der Waals surface area contributed by atoms with Gasteiger partial charge in [-0.15, -0.1) is 0 Å². The number of aryl methyl sites for hydroxylation is 2. The van der Waals surface area contributed by atoms with Gasteiger partial charge in [0.25, 0.3) is 0 Å². The smallest absolute Gasteiger partial charge is 0.227 e. The molecule has 0 N–H and O–H groups in total. The number of nitrogens with zero attached hydrogens (tertiary/aromatic N) is 3. The highest BCUT2D eigenvalue weighted by atomic mass is 16.5. The van der Waals surface area contributed by atoms with Crippen molar-refractivity contribution in [2.75, 3.05) is 18.1 Å². The Bertz CT molecular complexity index is 1290. The molecule has 0 bridgehead atoms. The number of amides is 1. The van der Waals surface area contributed by atoms with E-state index in [4.69, 9.17) is 9.72 Å². The summed E-state index contributed by atoms with van der Waals surface area (Å²) in [7, 11) is 0. The van der Waals surface area contributed by atoms with Crippen LogP contribution in [0.15, 0.2) is 72.8 Å². The van der Waals surface area contributed by atoms with Crippen LogP contribution >= 0.6 is 0 Å². The second-order valence-corrected chi connectivity index (χ2v) is 9.45. The Kier molecular flexibility index (Phi) is 6.84. The number of anilines is 1. The molecule has 1 fully saturated rings. The van der Waals surface area contributed by atoms with Crippen molar-refractivity contribution in [3.63, 3.8) is 0 Å². The van der Waals surface area contributed by atoms with Crippen LogP contribution in [0, 0.1) is 6.92 Å². The van der Waals surface area contributed by atoms with Gasteiger partial charge in [0.15, 0.2) is 0 Å². The predicted octanol–water partition coefficient (Wildman–Crippen LogP) is 6.29. The van der Waals surface area contributed by atoms with Gasteiger partial charge in [0.2, 0.25) is 5.91 Å². The molecule has 180 valence electrons. The molecule has 0 spiro atoms. The van der Waals surface area contributed by atoms with E-state index >= 15 is 0 Å². The number of benzene rings is 3. The van der Waals surface area contributed by atoms with Crippen LogP contribution in [-0.2, 0) is 17.8 Å². The van der Waals surface area contributed by atoms with Crippen molar-refractivity contribution in [2.24, 2.45) is 0 Å². The van der Waals surface area contributed by atoms with E-state index in [1.807, 2.05) is 35.2 Å². The Balaban J connectivity index is 1.34. The molecule has 0 aliphatic carbocycles. The normalized spacial score (nSPS) is 15.8. The number of aromatic nitrogens is 2. The van der Waals surface area contributed by atoms with Crippen LogP contribution in [0.1, 0.15) is 49.1 Å². The third kappa shape index (κ3) is 5.09. The van der Waals surface area contributed by atoms with E-state index < -0.39 is 0 Å². The van der Waals surface area contributed by atoms with Gasteiger partial charge < -0.3 is 14.2 Å². The van der Waals surface area contributed by atoms with Crippen LogP contribution in [0.2, 0.25) is 0 Å².